The third-order valence-corrected chi connectivity index (χ3v) is 2.48. The van der Waals surface area contributed by atoms with Crippen LogP contribution in [0.2, 0.25) is 0 Å². The second-order valence-electron chi connectivity index (χ2n) is 3.59. The van der Waals surface area contributed by atoms with Crippen LogP contribution in [-0.2, 0) is 4.74 Å². The van der Waals surface area contributed by atoms with Gasteiger partial charge in [-0.2, -0.15) is 0 Å². The van der Waals surface area contributed by atoms with E-state index in [1.165, 1.54) is 16.8 Å². The second-order valence-corrected chi connectivity index (χ2v) is 3.59. The average molecular weight is 212 g/mol. The zero-order valence-corrected chi connectivity index (χ0v) is 8.05. The van der Waals surface area contributed by atoms with E-state index in [9.17, 15) is 9.59 Å². The molecule has 0 saturated carbocycles. The van der Waals surface area contributed by atoms with Gasteiger partial charge in [0.05, 0.1) is 6.61 Å². The molecule has 2 N–H and O–H groups in total. The highest BCUT2D eigenvalue weighted by atomic mass is 16.5. The Hall–Kier alpha value is -1.40. The molecule has 6 heteroatoms. The minimum atomic E-state index is -0.480. The van der Waals surface area contributed by atoms with E-state index in [0.717, 1.165) is 0 Å². The molecule has 2 heterocycles. The minimum absolute atomic E-state index is 0.0502. The molecule has 1 aromatic heterocycles. The molecule has 1 aromatic rings. The molecule has 1 saturated heterocycles. The smallest absolute Gasteiger partial charge is 0.330 e. The predicted molar refractivity (Wildman–Crippen MR) is 51.5 cm³/mol. The van der Waals surface area contributed by atoms with Crippen LogP contribution in [0, 0.1) is 5.92 Å². The number of ether oxygens (including phenoxy) is 1. The molecule has 0 spiro atoms. The van der Waals surface area contributed by atoms with Gasteiger partial charge in [0.15, 0.2) is 0 Å². The SMILES string of the molecule is O=c1ccn([C@H]2C[C@H](CO)CO2)c(=O)[nH]1. The molecule has 2 atom stereocenters. The molecular formula is C9H12N2O4. The highest BCUT2D eigenvalue weighted by Crippen LogP contribution is 2.25. The number of aliphatic hydroxyl groups is 1. The Balaban J connectivity index is 2.24. The number of aromatic amines is 1. The number of nitrogens with one attached hydrogen (secondary N) is 1. The Morgan fingerprint density at radius 1 is 1.60 bits per heavy atom. The largest absolute Gasteiger partial charge is 0.396 e. The van der Waals surface area contributed by atoms with Crippen molar-refractivity contribution in [3.05, 3.63) is 33.1 Å². The molecule has 1 aliphatic rings. The van der Waals surface area contributed by atoms with E-state index in [2.05, 4.69) is 4.98 Å². The summed E-state index contributed by atoms with van der Waals surface area (Å²) in [5.74, 6) is 0.0637. The van der Waals surface area contributed by atoms with Crippen LogP contribution in [-0.4, -0.2) is 27.9 Å². The van der Waals surface area contributed by atoms with Gasteiger partial charge in [0.1, 0.15) is 6.23 Å². The summed E-state index contributed by atoms with van der Waals surface area (Å²) < 4.78 is 6.67. The van der Waals surface area contributed by atoms with Crippen LogP contribution in [0.3, 0.4) is 0 Å². The van der Waals surface area contributed by atoms with Crippen molar-refractivity contribution in [3.63, 3.8) is 0 Å². The summed E-state index contributed by atoms with van der Waals surface area (Å²) in [5.41, 5.74) is -0.904. The van der Waals surface area contributed by atoms with Crippen molar-refractivity contribution in [1.29, 1.82) is 0 Å². The summed E-state index contributed by atoms with van der Waals surface area (Å²) >= 11 is 0. The van der Waals surface area contributed by atoms with E-state index >= 15 is 0 Å². The summed E-state index contributed by atoms with van der Waals surface area (Å²) in [6.07, 6.45) is 1.61. The zero-order valence-electron chi connectivity index (χ0n) is 8.05. The summed E-state index contributed by atoms with van der Waals surface area (Å²) in [6, 6.07) is 1.27. The van der Waals surface area contributed by atoms with Crippen LogP contribution >= 0.6 is 0 Å². The fourth-order valence-electron chi connectivity index (χ4n) is 1.64. The Morgan fingerprint density at radius 2 is 2.40 bits per heavy atom. The molecule has 0 radical (unpaired) electrons. The molecule has 1 aliphatic heterocycles. The number of rotatable bonds is 2. The molecule has 2 rings (SSSR count). The fourth-order valence-corrected chi connectivity index (χ4v) is 1.64. The number of hydrogen-bond donors (Lipinski definition) is 2. The van der Waals surface area contributed by atoms with Gasteiger partial charge in [-0.3, -0.25) is 14.3 Å². The maximum atomic E-state index is 11.4. The molecule has 1 fully saturated rings. The Kier molecular flexibility index (Phi) is 2.70. The Morgan fingerprint density at radius 3 is 3.00 bits per heavy atom. The second kappa shape index (κ2) is 4.00. The number of hydrogen-bond acceptors (Lipinski definition) is 4. The van der Waals surface area contributed by atoms with E-state index in [4.69, 9.17) is 9.84 Å². The number of aromatic nitrogens is 2. The van der Waals surface area contributed by atoms with Gasteiger partial charge in [-0.05, 0) is 6.42 Å². The van der Waals surface area contributed by atoms with Crippen molar-refractivity contribution in [2.24, 2.45) is 5.92 Å². The van der Waals surface area contributed by atoms with Crippen LogP contribution in [0.15, 0.2) is 21.9 Å². The van der Waals surface area contributed by atoms with Gasteiger partial charge in [-0.15, -0.1) is 0 Å². The lowest BCUT2D eigenvalue weighted by molar-refractivity contribution is 0.0489. The van der Waals surface area contributed by atoms with Gasteiger partial charge in [-0.25, -0.2) is 4.79 Å². The molecule has 82 valence electrons. The summed E-state index contributed by atoms with van der Waals surface area (Å²) in [4.78, 5) is 24.4. The number of aliphatic hydroxyl groups excluding tert-OH is 1. The Bertz CT molecular complexity index is 450. The molecule has 15 heavy (non-hydrogen) atoms. The van der Waals surface area contributed by atoms with Gasteiger partial charge in [-0.1, -0.05) is 0 Å². The summed E-state index contributed by atoms with van der Waals surface area (Å²) in [5, 5.41) is 8.92. The molecule has 0 unspecified atom stereocenters. The van der Waals surface area contributed by atoms with Gasteiger partial charge in [0.25, 0.3) is 5.56 Å². The van der Waals surface area contributed by atoms with E-state index in [1.54, 1.807) is 0 Å². The van der Waals surface area contributed by atoms with Crippen LogP contribution < -0.4 is 11.2 Å². The van der Waals surface area contributed by atoms with Crippen LogP contribution in [0.4, 0.5) is 0 Å². The van der Waals surface area contributed by atoms with Crippen molar-refractivity contribution in [3.8, 4) is 0 Å². The molecule has 0 aromatic carbocycles. The molecule has 0 amide bonds. The quantitative estimate of drug-likeness (QED) is 0.663. The van der Waals surface area contributed by atoms with Gasteiger partial charge in [0, 0.05) is 24.8 Å². The summed E-state index contributed by atoms with van der Waals surface area (Å²) in [7, 11) is 0. The molecule has 6 nitrogen and oxygen atoms in total. The molecular weight excluding hydrogens is 200 g/mol. The van der Waals surface area contributed by atoms with Crippen molar-refractivity contribution < 1.29 is 9.84 Å². The highest BCUT2D eigenvalue weighted by molar-refractivity contribution is 4.85. The highest BCUT2D eigenvalue weighted by Gasteiger charge is 2.26. The maximum Gasteiger partial charge on any atom is 0.330 e. The number of nitrogens with zero attached hydrogens (tertiary/aromatic N) is 1. The lowest BCUT2D eigenvalue weighted by Crippen LogP contribution is -2.31. The lowest BCUT2D eigenvalue weighted by atomic mass is 10.1. The Labute approximate surface area is 85.1 Å². The van der Waals surface area contributed by atoms with Crippen molar-refractivity contribution in [1.82, 2.24) is 9.55 Å². The van der Waals surface area contributed by atoms with Crippen LogP contribution in [0.25, 0.3) is 0 Å². The third-order valence-electron chi connectivity index (χ3n) is 2.48. The van der Waals surface area contributed by atoms with E-state index in [-0.39, 0.29) is 18.8 Å². The third kappa shape index (κ3) is 2.00. The van der Waals surface area contributed by atoms with Crippen molar-refractivity contribution >= 4 is 0 Å². The molecule has 0 aliphatic carbocycles. The van der Waals surface area contributed by atoms with Gasteiger partial charge in [0.2, 0.25) is 0 Å². The standard InChI is InChI=1S/C9H12N2O4/c12-4-6-3-8(15-5-6)11-2-1-7(13)10-9(11)14/h1-2,6,8,12H,3-5H2,(H,10,13,14)/t6-,8-/m1/s1. The molecule has 0 bridgehead atoms. The first-order valence-electron chi connectivity index (χ1n) is 4.74. The van der Waals surface area contributed by atoms with Gasteiger partial charge < -0.3 is 9.84 Å². The fraction of sp³-hybridized carbons (Fsp3) is 0.556. The van der Waals surface area contributed by atoms with Crippen LogP contribution in [0.5, 0.6) is 0 Å². The summed E-state index contributed by atoms with van der Waals surface area (Å²) in [6.45, 7) is 0.487. The first-order chi connectivity index (χ1) is 7.20. The minimum Gasteiger partial charge on any atom is -0.396 e. The van der Waals surface area contributed by atoms with Crippen molar-refractivity contribution in [2.45, 2.75) is 12.6 Å². The zero-order chi connectivity index (χ0) is 10.8. The predicted octanol–water partition coefficient (Wildman–Crippen LogP) is -0.936. The number of H-pyrrole nitrogens is 1. The van der Waals surface area contributed by atoms with Crippen LogP contribution in [0.1, 0.15) is 12.6 Å². The monoisotopic (exact) mass is 212 g/mol. The lowest BCUT2D eigenvalue weighted by Gasteiger charge is -2.11. The van der Waals surface area contributed by atoms with E-state index in [0.29, 0.717) is 13.0 Å². The topological polar surface area (TPSA) is 84.3 Å². The normalized spacial score (nSPS) is 25.7. The van der Waals surface area contributed by atoms with E-state index < -0.39 is 11.2 Å². The first kappa shape index (κ1) is 10.1. The van der Waals surface area contributed by atoms with Gasteiger partial charge >= 0.3 is 5.69 Å². The van der Waals surface area contributed by atoms with Crippen molar-refractivity contribution in [2.75, 3.05) is 13.2 Å². The maximum absolute atomic E-state index is 11.4. The average Bonchev–Trinajstić information content (AvgIpc) is 2.66. The first-order valence-corrected chi connectivity index (χ1v) is 4.74. The van der Waals surface area contributed by atoms with E-state index in [1.807, 2.05) is 0 Å².